The number of nitrogens with two attached hydrogens (primary N) is 2. The van der Waals surface area contributed by atoms with Gasteiger partial charge < -0.3 is 11.5 Å². The SMILES string of the molecule is Cc1nnc(N)n1/N=N/n1c(C)nnc1N. The zero-order chi connectivity index (χ0) is 11.7. The van der Waals surface area contributed by atoms with Crippen LogP contribution in [-0.2, 0) is 0 Å². The molecule has 2 aromatic heterocycles. The minimum Gasteiger partial charge on any atom is -0.366 e. The molecule has 0 atom stereocenters. The van der Waals surface area contributed by atoms with Crippen molar-refractivity contribution in [2.75, 3.05) is 11.5 Å². The molecule has 2 aromatic rings. The zero-order valence-corrected chi connectivity index (χ0v) is 8.73. The number of hydrogen-bond donors (Lipinski definition) is 2. The molecular formula is C6H10N10. The fourth-order valence-electron chi connectivity index (χ4n) is 1.05. The first kappa shape index (κ1) is 10.0. The molecule has 2 rings (SSSR count). The van der Waals surface area contributed by atoms with E-state index in [1.807, 2.05) is 0 Å². The van der Waals surface area contributed by atoms with E-state index in [0.29, 0.717) is 11.6 Å². The number of anilines is 2. The summed E-state index contributed by atoms with van der Waals surface area (Å²) in [5.74, 6) is 1.33. The summed E-state index contributed by atoms with van der Waals surface area (Å²) < 4.78 is 2.55. The molecule has 0 aliphatic carbocycles. The molecule has 4 N–H and O–H groups in total. The second-order valence-corrected chi connectivity index (χ2v) is 3.01. The Balaban J connectivity index is 2.35. The monoisotopic (exact) mass is 222 g/mol. The number of aryl methyl sites for hydroxylation is 2. The van der Waals surface area contributed by atoms with Gasteiger partial charge >= 0.3 is 0 Å². The molecule has 10 heteroatoms. The van der Waals surface area contributed by atoms with Crippen LogP contribution in [0.1, 0.15) is 11.6 Å². The predicted octanol–water partition coefficient (Wildman–Crippen LogP) is -0.671. The van der Waals surface area contributed by atoms with Crippen LogP contribution in [0.5, 0.6) is 0 Å². The summed E-state index contributed by atoms with van der Waals surface area (Å²) in [6, 6.07) is 0. The van der Waals surface area contributed by atoms with Crippen molar-refractivity contribution in [3.8, 4) is 0 Å². The molecule has 0 bridgehead atoms. The predicted molar refractivity (Wildman–Crippen MR) is 54.0 cm³/mol. The van der Waals surface area contributed by atoms with Gasteiger partial charge in [0, 0.05) is 0 Å². The minimum atomic E-state index is 0.144. The lowest BCUT2D eigenvalue weighted by Crippen LogP contribution is -2.02. The minimum absolute atomic E-state index is 0.144. The molecule has 0 unspecified atom stereocenters. The summed E-state index contributed by atoms with van der Waals surface area (Å²) in [7, 11) is 0. The standard InChI is InChI=1S/C6H10N10/c1-3-9-11-5(7)15(3)13-14-16-4(2)10-12-6(16)8/h1-2H3,(H2,7,11)(H2,8,12)/b14-13+. The van der Waals surface area contributed by atoms with Crippen LogP contribution in [0.2, 0.25) is 0 Å². The number of nitrogen functional groups attached to an aromatic ring is 2. The van der Waals surface area contributed by atoms with Crippen molar-refractivity contribution in [1.29, 1.82) is 0 Å². The van der Waals surface area contributed by atoms with Gasteiger partial charge in [0.05, 0.1) is 0 Å². The van der Waals surface area contributed by atoms with Crippen molar-refractivity contribution in [3.05, 3.63) is 11.6 Å². The third-order valence-electron chi connectivity index (χ3n) is 1.86. The normalized spacial score (nSPS) is 11.4. The maximum atomic E-state index is 5.52. The smallest absolute Gasteiger partial charge is 0.244 e. The van der Waals surface area contributed by atoms with Crippen molar-refractivity contribution in [3.63, 3.8) is 0 Å². The Kier molecular flexibility index (Phi) is 2.23. The van der Waals surface area contributed by atoms with E-state index in [1.165, 1.54) is 9.35 Å². The average Bonchev–Trinajstić information content (AvgIpc) is 2.72. The van der Waals surface area contributed by atoms with Gasteiger partial charge in [0.2, 0.25) is 11.9 Å². The molecular weight excluding hydrogens is 212 g/mol. The molecule has 0 saturated heterocycles. The van der Waals surface area contributed by atoms with Gasteiger partial charge in [0.1, 0.15) is 0 Å². The molecule has 0 fully saturated rings. The van der Waals surface area contributed by atoms with Crippen molar-refractivity contribution in [2.45, 2.75) is 13.8 Å². The maximum absolute atomic E-state index is 5.52. The van der Waals surface area contributed by atoms with Gasteiger partial charge in [-0.3, -0.25) is 0 Å². The third-order valence-corrected chi connectivity index (χ3v) is 1.86. The quantitative estimate of drug-likeness (QED) is 0.646. The summed E-state index contributed by atoms with van der Waals surface area (Å²) in [6.07, 6.45) is 0. The molecule has 16 heavy (non-hydrogen) atoms. The highest BCUT2D eigenvalue weighted by Crippen LogP contribution is 2.05. The highest BCUT2D eigenvalue weighted by Gasteiger charge is 2.06. The van der Waals surface area contributed by atoms with E-state index in [9.17, 15) is 0 Å². The van der Waals surface area contributed by atoms with Crippen LogP contribution in [0, 0.1) is 13.8 Å². The molecule has 0 spiro atoms. The van der Waals surface area contributed by atoms with Gasteiger partial charge in [-0.2, -0.15) is 9.35 Å². The lowest BCUT2D eigenvalue weighted by molar-refractivity contribution is 0.667. The van der Waals surface area contributed by atoms with Crippen molar-refractivity contribution in [2.24, 2.45) is 10.4 Å². The molecule has 0 saturated carbocycles. The molecule has 84 valence electrons. The van der Waals surface area contributed by atoms with Crippen molar-refractivity contribution >= 4 is 11.9 Å². The average molecular weight is 222 g/mol. The largest absolute Gasteiger partial charge is 0.366 e. The van der Waals surface area contributed by atoms with Gasteiger partial charge in [-0.15, -0.1) is 20.4 Å². The summed E-state index contributed by atoms with van der Waals surface area (Å²) in [5, 5.41) is 22.3. The molecule has 0 aliphatic rings. The fraction of sp³-hybridized carbons (Fsp3) is 0.333. The molecule has 0 aromatic carbocycles. The maximum Gasteiger partial charge on any atom is 0.244 e. The molecule has 0 aliphatic heterocycles. The first-order chi connectivity index (χ1) is 7.59. The first-order valence-electron chi connectivity index (χ1n) is 4.37. The molecule has 2 heterocycles. The van der Waals surface area contributed by atoms with E-state index in [-0.39, 0.29) is 11.9 Å². The van der Waals surface area contributed by atoms with Crippen LogP contribution in [0.4, 0.5) is 11.9 Å². The highest BCUT2D eigenvalue weighted by molar-refractivity contribution is 5.17. The number of nitrogens with zero attached hydrogens (tertiary/aromatic N) is 8. The Morgan fingerprint density at radius 3 is 1.44 bits per heavy atom. The number of rotatable bonds is 2. The van der Waals surface area contributed by atoms with Crippen LogP contribution in [0.3, 0.4) is 0 Å². The van der Waals surface area contributed by atoms with Gasteiger partial charge in [-0.05, 0) is 24.3 Å². The second-order valence-electron chi connectivity index (χ2n) is 3.01. The Bertz CT molecular complexity index is 446. The van der Waals surface area contributed by atoms with E-state index in [1.54, 1.807) is 13.8 Å². The first-order valence-corrected chi connectivity index (χ1v) is 4.37. The van der Waals surface area contributed by atoms with Gasteiger partial charge in [-0.25, -0.2) is 0 Å². The van der Waals surface area contributed by atoms with Crippen LogP contribution in [-0.4, -0.2) is 29.7 Å². The Morgan fingerprint density at radius 2 is 1.19 bits per heavy atom. The lowest BCUT2D eigenvalue weighted by atomic mass is 10.7. The van der Waals surface area contributed by atoms with Gasteiger partial charge in [0.15, 0.2) is 11.6 Å². The van der Waals surface area contributed by atoms with Crippen LogP contribution in [0.15, 0.2) is 10.4 Å². The number of hydrogen-bond acceptors (Lipinski definition) is 8. The third kappa shape index (κ3) is 1.55. The van der Waals surface area contributed by atoms with Gasteiger partial charge in [-0.1, -0.05) is 0 Å². The fourth-order valence-corrected chi connectivity index (χ4v) is 1.05. The summed E-state index contributed by atoms with van der Waals surface area (Å²) in [5.41, 5.74) is 11.0. The van der Waals surface area contributed by atoms with Crippen molar-refractivity contribution < 1.29 is 0 Å². The molecule has 10 nitrogen and oxygen atoms in total. The van der Waals surface area contributed by atoms with E-state index in [4.69, 9.17) is 11.5 Å². The Labute approximate surface area is 89.9 Å². The van der Waals surface area contributed by atoms with E-state index >= 15 is 0 Å². The van der Waals surface area contributed by atoms with E-state index in [0.717, 1.165) is 0 Å². The lowest BCUT2D eigenvalue weighted by Gasteiger charge is -1.97. The molecule has 0 amide bonds. The topological polar surface area (TPSA) is 138 Å². The van der Waals surface area contributed by atoms with E-state index < -0.39 is 0 Å². The van der Waals surface area contributed by atoms with Crippen LogP contribution >= 0.6 is 0 Å². The second kappa shape index (κ2) is 3.56. The number of aromatic nitrogens is 6. The van der Waals surface area contributed by atoms with Crippen LogP contribution in [0.25, 0.3) is 0 Å². The highest BCUT2D eigenvalue weighted by atomic mass is 15.7. The van der Waals surface area contributed by atoms with Crippen molar-refractivity contribution in [1.82, 2.24) is 29.7 Å². The summed E-state index contributed by atoms with van der Waals surface area (Å²) in [4.78, 5) is 0. The van der Waals surface area contributed by atoms with E-state index in [2.05, 4.69) is 30.8 Å². The molecule has 0 radical (unpaired) electrons. The van der Waals surface area contributed by atoms with Gasteiger partial charge in [0.25, 0.3) is 0 Å². The Morgan fingerprint density at radius 1 is 0.812 bits per heavy atom. The summed E-state index contributed by atoms with van der Waals surface area (Å²) >= 11 is 0. The Hall–Kier alpha value is -2.52. The van der Waals surface area contributed by atoms with Crippen LogP contribution < -0.4 is 11.5 Å². The zero-order valence-electron chi connectivity index (χ0n) is 8.73. The summed E-state index contributed by atoms with van der Waals surface area (Å²) in [6.45, 7) is 3.40.